The van der Waals surface area contributed by atoms with Gasteiger partial charge in [0.25, 0.3) is 5.91 Å². The minimum atomic E-state index is -0.349. The molecule has 32 heavy (non-hydrogen) atoms. The van der Waals surface area contributed by atoms with E-state index in [0.717, 1.165) is 28.3 Å². The Kier molecular flexibility index (Phi) is 6.57. The number of aromatic nitrogens is 2. The molecule has 2 N–H and O–H groups in total. The fourth-order valence-corrected chi connectivity index (χ4v) is 3.52. The van der Waals surface area contributed by atoms with Gasteiger partial charge in [-0.25, -0.2) is 4.68 Å². The zero-order valence-electron chi connectivity index (χ0n) is 17.5. The number of benzene rings is 3. The standard InChI is InChI=1S/C25H22N4O2S/c1-2-31-23-14-13-19(17-21(23)18-9-5-3-6-10-18)27-25(32)28-24(30)22-15-16-26-29(22)20-11-7-4-8-12-20/h3-17H,2H2,1H3,(H2,27,28,30,32). The first-order valence-corrected chi connectivity index (χ1v) is 10.6. The van der Waals surface area contributed by atoms with Crippen LogP contribution in [-0.2, 0) is 0 Å². The van der Waals surface area contributed by atoms with Crippen molar-refractivity contribution in [3.8, 4) is 22.6 Å². The molecule has 0 atom stereocenters. The minimum absolute atomic E-state index is 0.194. The molecule has 0 bridgehead atoms. The number of carbonyl (C=O) groups is 1. The molecule has 0 radical (unpaired) electrons. The third-order valence-corrected chi connectivity index (χ3v) is 4.93. The summed E-state index contributed by atoms with van der Waals surface area (Å²) in [4.78, 5) is 12.8. The predicted molar refractivity (Wildman–Crippen MR) is 130 cm³/mol. The molecule has 4 rings (SSSR count). The molecule has 160 valence electrons. The molecule has 0 unspecified atom stereocenters. The van der Waals surface area contributed by atoms with Crippen molar-refractivity contribution in [1.29, 1.82) is 0 Å². The summed E-state index contributed by atoms with van der Waals surface area (Å²) in [5, 5.41) is 10.3. The zero-order chi connectivity index (χ0) is 22.3. The van der Waals surface area contributed by atoms with Gasteiger partial charge in [-0.05, 0) is 61.1 Å². The Bertz CT molecular complexity index is 1220. The summed E-state index contributed by atoms with van der Waals surface area (Å²) >= 11 is 5.39. The van der Waals surface area contributed by atoms with Crippen molar-refractivity contribution in [2.75, 3.05) is 11.9 Å². The van der Waals surface area contributed by atoms with Gasteiger partial charge in [-0.3, -0.25) is 10.1 Å². The van der Waals surface area contributed by atoms with Crippen LogP contribution in [0, 0.1) is 0 Å². The van der Waals surface area contributed by atoms with Crippen molar-refractivity contribution in [1.82, 2.24) is 15.1 Å². The van der Waals surface area contributed by atoms with Gasteiger partial charge in [0.1, 0.15) is 11.4 Å². The Morgan fingerprint density at radius 3 is 2.44 bits per heavy atom. The molecule has 0 aliphatic carbocycles. The van der Waals surface area contributed by atoms with E-state index in [1.807, 2.05) is 85.8 Å². The Balaban J connectivity index is 1.50. The highest BCUT2D eigenvalue weighted by atomic mass is 32.1. The topological polar surface area (TPSA) is 68.2 Å². The van der Waals surface area contributed by atoms with Crippen LogP contribution in [0.25, 0.3) is 16.8 Å². The Hall–Kier alpha value is -3.97. The van der Waals surface area contributed by atoms with Gasteiger partial charge in [-0.15, -0.1) is 0 Å². The van der Waals surface area contributed by atoms with Crippen LogP contribution in [0.2, 0.25) is 0 Å². The van der Waals surface area contributed by atoms with E-state index in [1.165, 1.54) is 0 Å². The molecule has 1 aromatic heterocycles. The van der Waals surface area contributed by atoms with Crippen molar-refractivity contribution in [2.45, 2.75) is 6.92 Å². The lowest BCUT2D eigenvalue weighted by Gasteiger charge is -2.15. The number of hydrogen-bond donors (Lipinski definition) is 2. The predicted octanol–water partition coefficient (Wildman–Crippen LogP) is 5.06. The van der Waals surface area contributed by atoms with E-state index in [-0.39, 0.29) is 11.0 Å². The normalized spacial score (nSPS) is 10.4. The van der Waals surface area contributed by atoms with Gasteiger partial charge in [0.15, 0.2) is 5.11 Å². The van der Waals surface area contributed by atoms with Gasteiger partial charge in [0, 0.05) is 11.3 Å². The molecular formula is C25H22N4O2S. The van der Waals surface area contributed by atoms with Gasteiger partial charge >= 0.3 is 0 Å². The summed E-state index contributed by atoms with van der Waals surface area (Å²) in [5.74, 6) is 0.434. The summed E-state index contributed by atoms with van der Waals surface area (Å²) in [6, 6.07) is 26.8. The van der Waals surface area contributed by atoms with Gasteiger partial charge < -0.3 is 10.1 Å². The molecule has 0 saturated carbocycles. The highest BCUT2D eigenvalue weighted by Gasteiger charge is 2.15. The highest BCUT2D eigenvalue weighted by Crippen LogP contribution is 2.32. The van der Waals surface area contributed by atoms with Crippen molar-refractivity contribution >= 4 is 28.9 Å². The lowest BCUT2D eigenvalue weighted by atomic mass is 10.0. The molecule has 7 heteroatoms. The van der Waals surface area contributed by atoms with Crippen molar-refractivity contribution in [2.24, 2.45) is 0 Å². The summed E-state index contributed by atoms with van der Waals surface area (Å²) in [6.07, 6.45) is 1.58. The van der Waals surface area contributed by atoms with Crippen molar-refractivity contribution in [3.05, 3.63) is 96.8 Å². The maximum absolute atomic E-state index is 12.8. The maximum atomic E-state index is 12.8. The molecule has 0 saturated heterocycles. The summed E-state index contributed by atoms with van der Waals surface area (Å²) in [6.45, 7) is 2.52. The first kappa shape index (κ1) is 21.3. The lowest BCUT2D eigenvalue weighted by Crippen LogP contribution is -2.35. The number of nitrogens with one attached hydrogen (secondary N) is 2. The van der Waals surface area contributed by atoms with Crippen molar-refractivity contribution in [3.63, 3.8) is 0 Å². The fourth-order valence-electron chi connectivity index (χ4n) is 3.31. The van der Waals surface area contributed by atoms with E-state index in [0.29, 0.717) is 12.3 Å². The molecule has 0 aliphatic rings. The number of para-hydroxylation sites is 1. The second kappa shape index (κ2) is 9.89. The van der Waals surface area contributed by atoms with E-state index in [4.69, 9.17) is 17.0 Å². The van der Waals surface area contributed by atoms with Crippen LogP contribution in [-0.4, -0.2) is 27.4 Å². The zero-order valence-corrected chi connectivity index (χ0v) is 18.3. The van der Waals surface area contributed by atoms with Gasteiger partial charge in [0.05, 0.1) is 18.5 Å². The quantitative estimate of drug-likeness (QED) is 0.408. The number of amides is 1. The lowest BCUT2D eigenvalue weighted by molar-refractivity contribution is 0.0970. The molecule has 3 aromatic carbocycles. The maximum Gasteiger partial charge on any atom is 0.276 e. The Morgan fingerprint density at radius 1 is 1.00 bits per heavy atom. The van der Waals surface area contributed by atoms with Crippen molar-refractivity contribution < 1.29 is 9.53 Å². The molecule has 1 heterocycles. The number of carbonyl (C=O) groups excluding carboxylic acids is 1. The van der Waals surface area contributed by atoms with E-state index in [1.54, 1.807) is 16.9 Å². The summed E-state index contributed by atoms with van der Waals surface area (Å²) in [5.41, 5.74) is 3.89. The van der Waals surface area contributed by atoms with Crippen LogP contribution >= 0.6 is 12.2 Å². The second-order valence-corrected chi connectivity index (χ2v) is 7.29. The highest BCUT2D eigenvalue weighted by molar-refractivity contribution is 7.80. The van der Waals surface area contributed by atoms with Gasteiger partial charge in [-0.1, -0.05) is 48.5 Å². The van der Waals surface area contributed by atoms with Crippen LogP contribution in [0.4, 0.5) is 5.69 Å². The first-order valence-electron chi connectivity index (χ1n) is 10.2. The first-order chi connectivity index (χ1) is 15.7. The average Bonchev–Trinajstić information content (AvgIpc) is 3.32. The van der Waals surface area contributed by atoms with Gasteiger partial charge in [0.2, 0.25) is 0 Å². The smallest absolute Gasteiger partial charge is 0.276 e. The molecule has 1 amide bonds. The van der Waals surface area contributed by atoms with Crippen LogP contribution < -0.4 is 15.4 Å². The number of anilines is 1. The largest absolute Gasteiger partial charge is 0.493 e. The monoisotopic (exact) mass is 442 g/mol. The van der Waals surface area contributed by atoms with Crippen LogP contribution in [0.1, 0.15) is 17.4 Å². The van der Waals surface area contributed by atoms with E-state index in [9.17, 15) is 4.79 Å². The van der Waals surface area contributed by atoms with E-state index < -0.39 is 0 Å². The molecule has 4 aromatic rings. The van der Waals surface area contributed by atoms with Crippen LogP contribution in [0.3, 0.4) is 0 Å². The average molecular weight is 443 g/mol. The summed E-state index contributed by atoms with van der Waals surface area (Å²) < 4.78 is 7.35. The third-order valence-electron chi connectivity index (χ3n) is 4.73. The Morgan fingerprint density at radius 2 is 1.72 bits per heavy atom. The molecule has 0 spiro atoms. The molecule has 6 nitrogen and oxygen atoms in total. The number of ether oxygens (including phenoxy) is 1. The number of rotatable bonds is 6. The minimum Gasteiger partial charge on any atom is -0.493 e. The number of hydrogen-bond acceptors (Lipinski definition) is 4. The second-order valence-electron chi connectivity index (χ2n) is 6.88. The van der Waals surface area contributed by atoms with E-state index in [2.05, 4.69) is 15.7 Å². The van der Waals surface area contributed by atoms with Crippen LogP contribution in [0.5, 0.6) is 5.75 Å². The summed E-state index contributed by atoms with van der Waals surface area (Å²) in [7, 11) is 0. The molecular weight excluding hydrogens is 420 g/mol. The number of nitrogens with zero attached hydrogens (tertiary/aromatic N) is 2. The van der Waals surface area contributed by atoms with Crippen LogP contribution in [0.15, 0.2) is 91.1 Å². The van der Waals surface area contributed by atoms with Gasteiger partial charge in [-0.2, -0.15) is 5.10 Å². The molecule has 0 fully saturated rings. The Labute approximate surface area is 191 Å². The fraction of sp³-hybridized carbons (Fsp3) is 0.0800. The SMILES string of the molecule is CCOc1ccc(NC(=S)NC(=O)c2ccnn2-c2ccccc2)cc1-c1ccccc1. The van der Waals surface area contributed by atoms with E-state index >= 15 is 0 Å². The number of thiocarbonyl (C=S) groups is 1. The third kappa shape index (κ3) is 4.84. The molecule has 0 aliphatic heterocycles.